The molecule has 2 N–H and O–H groups in total. The number of pyridine rings is 1. The van der Waals surface area contributed by atoms with Crippen molar-refractivity contribution in [2.75, 3.05) is 37.6 Å². The van der Waals surface area contributed by atoms with Gasteiger partial charge in [0.2, 0.25) is 0 Å². The number of anilines is 1. The van der Waals surface area contributed by atoms with Gasteiger partial charge in [-0.05, 0) is 25.0 Å². The van der Waals surface area contributed by atoms with E-state index in [1.807, 2.05) is 19.2 Å². The Labute approximate surface area is 116 Å². The number of nitrogens with zero attached hydrogens (tertiary/aromatic N) is 3. The van der Waals surface area contributed by atoms with Crippen LogP contribution in [-0.2, 0) is 0 Å². The average molecular weight is 262 g/mol. The van der Waals surface area contributed by atoms with Gasteiger partial charge in [0.25, 0.3) is 0 Å². The van der Waals surface area contributed by atoms with Gasteiger partial charge in [-0.25, -0.2) is 0 Å². The molecule has 0 spiro atoms. The quantitative estimate of drug-likeness (QED) is 0.900. The van der Waals surface area contributed by atoms with E-state index in [0.717, 1.165) is 37.8 Å². The minimum Gasteiger partial charge on any atom is -0.368 e. The zero-order chi connectivity index (χ0) is 13.8. The molecular weight excluding hydrogens is 236 g/mol. The molecule has 0 bridgehead atoms. The van der Waals surface area contributed by atoms with Gasteiger partial charge in [-0.3, -0.25) is 9.88 Å². The second-order valence-corrected chi connectivity index (χ2v) is 5.91. The van der Waals surface area contributed by atoms with Crippen LogP contribution in [0.1, 0.15) is 32.5 Å². The molecule has 106 valence electrons. The summed E-state index contributed by atoms with van der Waals surface area (Å²) in [6.07, 6.45) is 1.96. The molecule has 0 aliphatic carbocycles. The molecule has 0 amide bonds. The van der Waals surface area contributed by atoms with Crippen molar-refractivity contribution in [3.63, 3.8) is 0 Å². The van der Waals surface area contributed by atoms with Crippen molar-refractivity contribution in [3.8, 4) is 0 Å². The smallest absolute Gasteiger partial charge is 0.0569 e. The monoisotopic (exact) mass is 262 g/mol. The fourth-order valence-electron chi connectivity index (χ4n) is 2.56. The molecule has 4 heteroatoms. The van der Waals surface area contributed by atoms with Crippen molar-refractivity contribution in [3.05, 3.63) is 24.0 Å². The Morgan fingerprint density at radius 1 is 1.16 bits per heavy atom. The van der Waals surface area contributed by atoms with E-state index >= 15 is 0 Å². The predicted octanol–water partition coefficient (Wildman–Crippen LogP) is 1.88. The molecule has 1 aliphatic heterocycles. The molecule has 1 aromatic heterocycles. The summed E-state index contributed by atoms with van der Waals surface area (Å²) in [5, 5.41) is 0. The maximum Gasteiger partial charge on any atom is 0.0569 e. The second kappa shape index (κ2) is 6.35. The maximum absolute atomic E-state index is 5.82. The number of piperazine rings is 1. The standard InChI is InChI=1S/C15H26N4/c1-12(2)11-18-6-8-19(9-7-18)14-4-5-15(13(3)16)17-10-14/h4-5,10,12-13H,6-9,11,16H2,1-3H3. The molecule has 0 saturated carbocycles. The summed E-state index contributed by atoms with van der Waals surface area (Å²) in [5.41, 5.74) is 8.00. The molecule has 1 aliphatic rings. The average Bonchev–Trinajstić information content (AvgIpc) is 2.39. The summed E-state index contributed by atoms with van der Waals surface area (Å²) in [6.45, 7) is 12.2. The highest BCUT2D eigenvalue weighted by molar-refractivity contribution is 5.45. The van der Waals surface area contributed by atoms with Crippen LogP contribution in [0.3, 0.4) is 0 Å². The van der Waals surface area contributed by atoms with E-state index in [2.05, 4.69) is 34.7 Å². The number of hydrogen-bond donors (Lipinski definition) is 1. The molecule has 1 aromatic rings. The van der Waals surface area contributed by atoms with Crippen molar-refractivity contribution in [1.82, 2.24) is 9.88 Å². The van der Waals surface area contributed by atoms with E-state index in [9.17, 15) is 0 Å². The van der Waals surface area contributed by atoms with Gasteiger partial charge >= 0.3 is 0 Å². The summed E-state index contributed by atoms with van der Waals surface area (Å²) in [4.78, 5) is 9.40. The molecule has 2 heterocycles. The van der Waals surface area contributed by atoms with Crippen LogP contribution in [-0.4, -0.2) is 42.6 Å². The molecule has 0 aromatic carbocycles. The molecule has 4 nitrogen and oxygen atoms in total. The van der Waals surface area contributed by atoms with Gasteiger partial charge in [0, 0.05) is 38.8 Å². The molecule has 0 radical (unpaired) electrons. The van der Waals surface area contributed by atoms with Gasteiger partial charge in [-0.2, -0.15) is 0 Å². The first-order chi connectivity index (χ1) is 9.06. The van der Waals surface area contributed by atoms with Crippen molar-refractivity contribution in [2.45, 2.75) is 26.8 Å². The van der Waals surface area contributed by atoms with Gasteiger partial charge in [0.05, 0.1) is 17.6 Å². The SMILES string of the molecule is CC(C)CN1CCN(c2ccc(C(C)N)nc2)CC1. The van der Waals surface area contributed by atoms with Gasteiger partial charge < -0.3 is 10.6 Å². The largest absolute Gasteiger partial charge is 0.368 e. The molecule has 1 saturated heterocycles. The van der Waals surface area contributed by atoms with E-state index < -0.39 is 0 Å². The molecule has 19 heavy (non-hydrogen) atoms. The molecular formula is C15H26N4. The number of nitrogens with two attached hydrogens (primary N) is 1. The lowest BCUT2D eigenvalue weighted by molar-refractivity contribution is 0.231. The van der Waals surface area contributed by atoms with E-state index in [4.69, 9.17) is 5.73 Å². The van der Waals surface area contributed by atoms with Crippen molar-refractivity contribution in [1.29, 1.82) is 0 Å². The van der Waals surface area contributed by atoms with Gasteiger partial charge in [0.15, 0.2) is 0 Å². The topological polar surface area (TPSA) is 45.4 Å². The second-order valence-electron chi connectivity index (χ2n) is 5.91. The number of aromatic nitrogens is 1. The fourth-order valence-corrected chi connectivity index (χ4v) is 2.56. The maximum atomic E-state index is 5.82. The summed E-state index contributed by atoms with van der Waals surface area (Å²) in [7, 11) is 0. The van der Waals surface area contributed by atoms with Gasteiger partial charge in [-0.1, -0.05) is 13.8 Å². The lowest BCUT2D eigenvalue weighted by Gasteiger charge is -2.36. The van der Waals surface area contributed by atoms with Gasteiger partial charge in [0.1, 0.15) is 0 Å². The van der Waals surface area contributed by atoms with Crippen molar-refractivity contribution in [2.24, 2.45) is 11.7 Å². The van der Waals surface area contributed by atoms with Crippen LogP contribution in [0, 0.1) is 5.92 Å². The highest BCUT2D eigenvalue weighted by atomic mass is 15.3. The highest BCUT2D eigenvalue weighted by Crippen LogP contribution is 2.17. The van der Waals surface area contributed by atoms with E-state index in [-0.39, 0.29) is 6.04 Å². The van der Waals surface area contributed by atoms with E-state index in [1.54, 1.807) is 0 Å². The van der Waals surface area contributed by atoms with Crippen LogP contribution in [0.25, 0.3) is 0 Å². The van der Waals surface area contributed by atoms with Crippen LogP contribution in [0.2, 0.25) is 0 Å². The minimum absolute atomic E-state index is 0.0111. The first-order valence-electron chi connectivity index (χ1n) is 7.25. The lowest BCUT2D eigenvalue weighted by atomic mass is 10.2. The van der Waals surface area contributed by atoms with Gasteiger partial charge in [-0.15, -0.1) is 0 Å². The number of rotatable bonds is 4. The Morgan fingerprint density at radius 3 is 2.32 bits per heavy atom. The third-order valence-electron chi connectivity index (χ3n) is 3.60. The van der Waals surface area contributed by atoms with Crippen LogP contribution < -0.4 is 10.6 Å². The normalized spacial score (nSPS) is 18.9. The zero-order valence-corrected chi connectivity index (χ0v) is 12.3. The van der Waals surface area contributed by atoms with Crippen LogP contribution in [0.4, 0.5) is 5.69 Å². The first kappa shape index (κ1) is 14.3. The summed E-state index contributed by atoms with van der Waals surface area (Å²) in [6, 6.07) is 4.20. The van der Waals surface area contributed by atoms with E-state index in [0.29, 0.717) is 0 Å². The lowest BCUT2D eigenvalue weighted by Crippen LogP contribution is -2.47. The van der Waals surface area contributed by atoms with Crippen LogP contribution >= 0.6 is 0 Å². The van der Waals surface area contributed by atoms with Crippen molar-refractivity contribution < 1.29 is 0 Å². The van der Waals surface area contributed by atoms with E-state index in [1.165, 1.54) is 12.2 Å². The Bertz CT molecular complexity index is 378. The minimum atomic E-state index is 0.0111. The Balaban J connectivity index is 1.90. The third kappa shape index (κ3) is 3.91. The number of hydrogen-bond acceptors (Lipinski definition) is 4. The summed E-state index contributed by atoms with van der Waals surface area (Å²) >= 11 is 0. The molecule has 1 atom stereocenters. The third-order valence-corrected chi connectivity index (χ3v) is 3.60. The summed E-state index contributed by atoms with van der Waals surface area (Å²) < 4.78 is 0. The highest BCUT2D eigenvalue weighted by Gasteiger charge is 2.17. The first-order valence-corrected chi connectivity index (χ1v) is 7.25. The fraction of sp³-hybridized carbons (Fsp3) is 0.667. The predicted molar refractivity (Wildman–Crippen MR) is 80.3 cm³/mol. The Hall–Kier alpha value is -1.13. The zero-order valence-electron chi connectivity index (χ0n) is 12.3. The van der Waals surface area contributed by atoms with Crippen LogP contribution in [0.15, 0.2) is 18.3 Å². The Morgan fingerprint density at radius 2 is 1.84 bits per heavy atom. The molecule has 2 rings (SSSR count). The summed E-state index contributed by atoms with van der Waals surface area (Å²) in [5.74, 6) is 0.749. The van der Waals surface area contributed by atoms with Crippen LogP contribution in [0.5, 0.6) is 0 Å². The molecule has 1 fully saturated rings. The van der Waals surface area contributed by atoms with Crippen molar-refractivity contribution >= 4 is 5.69 Å². The molecule has 1 unspecified atom stereocenters. The Kier molecular flexibility index (Phi) is 4.77.